The van der Waals surface area contributed by atoms with E-state index < -0.39 is 0 Å². The van der Waals surface area contributed by atoms with Crippen LogP contribution in [0.3, 0.4) is 0 Å². The summed E-state index contributed by atoms with van der Waals surface area (Å²) in [5, 5.41) is 0. The Hall–Kier alpha value is -1.55. The average Bonchev–Trinajstić information content (AvgIpc) is 2.70. The standard InChI is InChI=1S/C15H20N2OS/c1-10-8-11(6-7-12(10)18-5)17-13(15(2,3)4)9-16-14(17)19/h6-9H,1-5H3,(H,16,19). The molecule has 0 bridgehead atoms. The van der Waals surface area contributed by atoms with E-state index in [1.807, 2.05) is 25.3 Å². The molecule has 2 rings (SSSR count). The van der Waals surface area contributed by atoms with Crippen LogP contribution in [0.4, 0.5) is 0 Å². The van der Waals surface area contributed by atoms with E-state index in [0.717, 1.165) is 21.8 Å². The van der Waals surface area contributed by atoms with Gasteiger partial charge in [0.15, 0.2) is 4.77 Å². The van der Waals surface area contributed by atoms with Crippen molar-refractivity contribution in [3.8, 4) is 11.4 Å². The lowest BCUT2D eigenvalue weighted by Crippen LogP contribution is -2.16. The molecule has 19 heavy (non-hydrogen) atoms. The van der Waals surface area contributed by atoms with Gasteiger partial charge in [0.2, 0.25) is 0 Å². The number of aromatic amines is 1. The van der Waals surface area contributed by atoms with Gasteiger partial charge in [-0.2, -0.15) is 0 Å². The summed E-state index contributed by atoms with van der Waals surface area (Å²) >= 11 is 5.40. The summed E-state index contributed by atoms with van der Waals surface area (Å²) in [6.45, 7) is 8.57. The van der Waals surface area contributed by atoms with Crippen LogP contribution in [-0.2, 0) is 5.41 Å². The second-order valence-electron chi connectivity index (χ2n) is 5.72. The molecular formula is C15H20N2OS. The Labute approximate surface area is 119 Å². The fourth-order valence-electron chi connectivity index (χ4n) is 2.18. The van der Waals surface area contributed by atoms with Gasteiger partial charge in [-0.25, -0.2) is 0 Å². The predicted octanol–water partition coefficient (Wildman–Crippen LogP) is 4.15. The highest BCUT2D eigenvalue weighted by Gasteiger charge is 2.20. The summed E-state index contributed by atoms with van der Waals surface area (Å²) in [5.41, 5.74) is 3.36. The Balaban J connectivity index is 2.63. The number of methoxy groups -OCH3 is 1. The molecule has 0 aliphatic rings. The van der Waals surface area contributed by atoms with E-state index in [0.29, 0.717) is 0 Å². The number of benzene rings is 1. The number of ether oxygens (including phenoxy) is 1. The first kappa shape index (κ1) is 13.9. The number of hydrogen-bond acceptors (Lipinski definition) is 2. The summed E-state index contributed by atoms with van der Waals surface area (Å²) in [7, 11) is 1.69. The molecule has 0 fully saturated rings. The molecule has 0 spiro atoms. The van der Waals surface area contributed by atoms with Crippen LogP contribution in [0.2, 0.25) is 0 Å². The van der Waals surface area contributed by atoms with E-state index in [2.05, 4.69) is 36.4 Å². The van der Waals surface area contributed by atoms with Crippen molar-refractivity contribution in [2.75, 3.05) is 7.11 Å². The average molecular weight is 276 g/mol. The number of H-pyrrole nitrogens is 1. The Morgan fingerprint density at radius 1 is 1.26 bits per heavy atom. The Bertz CT molecular complexity index is 647. The quantitative estimate of drug-likeness (QED) is 0.835. The van der Waals surface area contributed by atoms with Crippen molar-refractivity contribution in [3.63, 3.8) is 0 Å². The molecule has 0 saturated carbocycles. The fraction of sp³-hybridized carbons (Fsp3) is 0.400. The van der Waals surface area contributed by atoms with Crippen molar-refractivity contribution < 1.29 is 4.74 Å². The van der Waals surface area contributed by atoms with E-state index in [-0.39, 0.29) is 5.41 Å². The largest absolute Gasteiger partial charge is 0.496 e. The molecule has 1 N–H and O–H groups in total. The maximum Gasteiger partial charge on any atom is 0.182 e. The van der Waals surface area contributed by atoms with Crippen molar-refractivity contribution in [1.29, 1.82) is 0 Å². The van der Waals surface area contributed by atoms with Crippen molar-refractivity contribution in [3.05, 3.63) is 40.4 Å². The van der Waals surface area contributed by atoms with Crippen LogP contribution < -0.4 is 4.74 Å². The summed E-state index contributed by atoms with van der Waals surface area (Å²) in [6.07, 6.45) is 1.99. The van der Waals surface area contributed by atoms with Gasteiger partial charge in [0.1, 0.15) is 5.75 Å². The zero-order valence-corrected chi connectivity index (χ0v) is 12.9. The normalized spacial score (nSPS) is 11.6. The van der Waals surface area contributed by atoms with Gasteiger partial charge in [-0.05, 0) is 42.9 Å². The number of hydrogen-bond donors (Lipinski definition) is 1. The second kappa shape index (κ2) is 4.85. The molecular weight excluding hydrogens is 256 g/mol. The minimum atomic E-state index is 0.0292. The summed E-state index contributed by atoms with van der Waals surface area (Å²) in [6, 6.07) is 6.11. The SMILES string of the molecule is COc1ccc(-n2c(C(C)(C)C)c[nH]c2=S)cc1C. The highest BCUT2D eigenvalue weighted by Crippen LogP contribution is 2.27. The number of nitrogens with one attached hydrogen (secondary N) is 1. The number of imidazole rings is 1. The van der Waals surface area contributed by atoms with Crippen molar-refractivity contribution >= 4 is 12.2 Å². The fourth-order valence-corrected chi connectivity index (χ4v) is 2.44. The zero-order chi connectivity index (χ0) is 14.2. The minimum absolute atomic E-state index is 0.0292. The van der Waals surface area contributed by atoms with Crippen LogP contribution in [0.1, 0.15) is 32.0 Å². The lowest BCUT2D eigenvalue weighted by atomic mass is 9.92. The van der Waals surface area contributed by atoms with E-state index in [9.17, 15) is 0 Å². The molecule has 0 saturated heterocycles. The van der Waals surface area contributed by atoms with Gasteiger partial charge in [0.25, 0.3) is 0 Å². The number of aryl methyl sites for hydroxylation is 1. The molecule has 4 heteroatoms. The third-order valence-corrected chi connectivity index (χ3v) is 3.48. The lowest BCUT2D eigenvalue weighted by molar-refractivity contribution is 0.411. The van der Waals surface area contributed by atoms with Crippen LogP contribution in [0.15, 0.2) is 24.4 Å². The maximum absolute atomic E-state index is 5.40. The Morgan fingerprint density at radius 3 is 2.47 bits per heavy atom. The van der Waals surface area contributed by atoms with Crippen LogP contribution in [0.25, 0.3) is 5.69 Å². The minimum Gasteiger partial charge on any atom is -0.496 e. The van der Waals surface area contributed by atoms with Crippen molar-refractivity contribution in [2.45, 2.75) is 33.1 Å². The van der Waals surface area contributed by atoms with Crippen LogP contribution in [-0.4, -0.2) is 16.7 Å². The Morgan fingerprint density at radius 2 is 1.95 bits per heavy atom. The van der Waals surface area contributed by atoms with Gasteiger partial charge >= 0.3 is 0 Å². The molecule has 0 amide bonds. The van der Waals surface area contributed by atoms with E-state index >= 15 is 0 Å². The molecule has 0 radical (unpaired) electrons. The molecule has 102 valence electrons. The molecule has 1 aromatic heterocycles. The summed E-state index contributed by atoms with van der Waals surface area (Å²) < 4.78 is 8.10. The third-order valence-electron chi connectivity index (χ3n) is 3.18. The van der Waals surface area contributed by atoms with Gasteiger partial charge in [0, 0.05) is 23.0 Å². The van der Waals surface area contributed by atoms with Crippen molar-refractivity contribution in [2.24, 2.45) is 0 Å². The van der Waals surface area contributed by atoms with Crippen LogP contribution in [0, 0.1) is 11.7 Å². The topological polar surface area (TPSA) is 29.9 Å². The molecule has 0 aliphatic carbocycles. The van der Waals surface area contributed by atoms with E-state index in [1.54, 1.807) is 7.11 Å². The van der Waals surface area contributed by atoms with Gasteiger partial charge < -0.3 is 9.72 Å². The van der Waals surface area contributed by atoms with E-state index in [1.165, 1.54) is 5.69 Å². The van der Waals surface area contributed by atoms with Crippen LogP contribution >= 0.6 is 12.2 Å². The smallest absolute Gasteiger partial charge is 0.182 e. The molecule has 0 atom stereocenters. The van der Waals surface area contributed by atoms with Gasteiger partial charge in [-0.15, -0.1) is 0 Å². The van der Waals surface area contributed by atoms with Gasteiger partial charge in [-0.3, -0.25) is 4.57 Å². The van der Waals surface area contributed by atoms with Crippen molar-refractivity contribution in [1.82, 2.24) is 9.55 Å². The molecule has 3 nitrogen and oxygen atoms in total. The molecule has 1 heterocycles. The monoisotopic (exact) mass is 276 g/mol. The first-order valence-electron chi connectivity index (χ1n) is 6.30. The first-order valence-corrected chi connectivity index (χ1v) is 6.71. The van der Waals surface area contributed by atoms with Crippen LogP contribution in [0.5, 0.6) is 5.75 Å². The molecule has 0 unspecified atom stereocenters. The first-order chi connectivity index (χ1) is 8.84. The zero-order valence-electron chi connectivity index (χ0n) is 12.1. The second-order valence-corrected chi connectivity index (χ2v) is 6.11. The van der Waals surface area contributed by atoms with E-state index in [4.69, 9.17) is 17.0 Å². The van der Waals surface area contributed by atoms with Gasteiger partial charge in [0.05, 0.1) is 7.11 Å². The number of nitrogens with zero attached hydrogens (tertiary/aromatic N) is 1. The highest BCUT2D eigenvalue weighted by atomic mass is 32.1. The molecule has 0 aliphatic heterocycles. The third kappa shape index (κ3) is 2.59. The predicted molar refractivity (Wildman–Crippen MR) is 80.9 cm³/mol. The lowest BCUT2D eigenvalue weighted by Gasteiger charge is -2.21. The summed E-state index contributed by atoms with van der Waals surface area (Å²) in [5.74, 6) is 0.892. The maximum atomic E-state index is 5.40. The number of aromatic nitrogens is 2. The highest BCUT2D eigenvalue weighted by molar-refractivity contribution is 7.71. The Kier molecular flexibility index (Phi) is 3.54. The summed E-state index contributed by atoms with van der Waals surface area (Å²) in [4.78, 5) is 3.14. The van der Waals surface area contributed by atoms with Gasteiger partial charge in [-0.1, -0.05) is 20.8 Å². The molecule has 1 aromatic carbocycles. The number of rotatable bonds is 2. The molecule has 2 aromatic rings.